The van der Waals surface area contributed by atoms with Gasteiger partial charge in [-0.05, 0) is 6.07 Å². The van der Waals surface area contributed by atoms with Gasteiger partial charge in [0.15, 0.2) is 0 Å². The smallest absolute Gasteiger partial charge is 0.384 e. The quantitative estimate of drug-likeness (QED) is 0.839. The second kappa shape index (κ2) is 8.02. The van der Waals surface area contributed by atoms with Crippen molar-refractivity contribution >= 4 is 17.2 Å². The van der Waals surface area contributed by atoms with E-state index in [0.29, 0.717) is 0 Å². The molecule has 0 aliphatic heterocycles. The number of halogens is 3. The molecule has 0 aliphatic rings. The number of alkyl halides is 3. The zero-order chi connectivity index (χ0) is 15.9. The number of amides is 1. The van der Waals surface area contributed by atoms with Crippen molar-refractivity contribution in [3.05, 3.63) is 21.9 Å². The first kappa shape index (κ1) is 17.5. The molecule has 1 heterocycles. The highest BCUT2D eigenvalue weighted by molar-refractivity contribution is 7.10. The molecule has 21 heavy (non-hydrogen) atoms. The number of rotatable bonds is 5. The largest absolute Gasteiger partial charge is 0.411 e. The van der Waals surface area contributed by atoms with Crippen molar-refractivity contribution in [3.63, 3.8) is 0 Å². The third kappa shape index (κ3) is 7.13. The number of hydrogen-bond acceptors (Lipinski definition) is 4. The molecule has 0 radical (unpaired) electrons. The van der Waals surface area contributed by atoms with Gasteiger partial charge >= 0.3 is 6.18 Å². The van der Waals surface area contributed by atoms with Gasteiger partial charge < -0.3 is 14.7 Å². The predicted octanol–water partition coefficient (Wildman–Crippen LogP) is 1.63. The molecule has 4 nitrogen and oxygen atoms in total. The van der Waals surface area contributed by atoms with Gasteiger partial charge in [-0.15, -0.1) is 11.3 Å². The van der Waals surface area contributed by atoms with Crippen LogP contribution >= 0.6 is 11.3 Å². The van der Waals surface area contributed by atoms with Crippen molar-refractivity contribution < 1.29 is 27.8 Å². The fraction of sp³-hybridized carbons (Fsp3) is 0.462. The third-order valence-corrected chi connectivity index (χ3v) is 3.20. The lowest BCUT2D eigenvalue weighted by Gasteiger charge is -2.16. The summed E-state index contributed by atoms with van der Waals surface area (Å²) >= 11 is 1.37. The number of aliphatic hydroxyl groups excluding tert-OH is 1. The van der Waals surface area contributed by atoms with E-state index in [2.05, 4.69) is 16.6 Å². The molecule has 0 aliphatic carbocycles. The van der Waals surface area contributed by atoms with E-state index >= 15 is 0 Å². The van der Waals surface area contributed by atoms with Gasteiger partial charge in [0.1, 0.15) is 19.8 Å². The highest BCUT2D eigenvalue weighted by Gasteiger charge is 2.28. The predicted molar refractivity (Wildman–Crippen MR) is 71.6 cm³/mol. The van der Waals surface area contributed by atoms with Crippen molar-refractivity contribution in [1.29, 1.82) is 0 Å². The zero-order valence-corrected chi connectivity index (χ0v) is 12.1. The number of thiophene rings is 1. The van der Waals surface area contributed by atoms with Crippen LogP contribution in [0, 0.1) is 11.8 Å². The van der Waals surface area contributed by atoms with Crippen LogP contribution in [0.15, 0.2) is 11.4 Å². The van der Waals surface area contributed by atoms with Gasteiger partial charge in [-0.3, -0.25) is 4.79 Å². The molecule has 0 bridgehead atoms. The molecule has 1 amide bonds. The van der Waals surface area contributed by atoms with Crippen molar-refractivity contribution in [2.45, 2.75) is 12.7 Å². The Kier molecular flexibility index (Phi) is 6.68. The van der Waals surface area contributed by atoms with Gasteiger partial charge in [0.2, 0.25) is 5.91 Å². The van der Waals surface area contributed by atoms with Crippen LogP contribution in [-0.4, -0.2) is 49.0 Å². The monoisotopic (exact) mass is 321 g/mol. The van der Waals surface area contributed by atoms with Crippen LogP contribution in [0.2, 0.25) is 0 Å². The van der Waals surface area contributed by atoms with E-state index in [9.17, 15) is 18.0 Å². The van der Waals surface area contributed by atoms with E-state index < -0.39 is 25.3 Å². The summed E-state index contributed by atoms with van der Waals surface area (Å²) in [5, 5.41) is 10.3. The number of ether oxygens (including phenoxy) is 1. The summed E-state index contributed by atoms with van der Waals surface area (Å²) in [7, 11) is 1.48. The highest BCUT2D eigenvalue weighted by Crippen LogP contribution is 2.16. The summed E-state index contributed by atoms with van der Waals surface area (Å²) in [5.41, 5.74) is 0.721. The lowest BCUT2D eigenvalue weighted by molar-refractivity contribution is -0.177. The van der Waals surface area contributed by atoms with E-state index in [1.807, 2.05) is 0 Å². The van der Waals surface area contributed by atoms with E-state index in [-0.39, 0.29) is 13.2 Å². The van der Waals surface area contributed by atoms with Gasteiger partial charge in [0.05, 0.1) is 6.54 Å². The molecule has 0 spiro atoms. The highest BCUT2D eigenvalue weighted by atomic mass is 32.1. The summed E-state index contributed by atoms with van der Waals surface area (Å²) in [6, 6.07) is 1.76. The minimum absolute atomic E-state index is 0.236. The third-order valence-electron chi connectivity index (χ3n) is 2.28. The van der Waals surface area contributed by atoms with Crippen LogP contribution in [0.1, 0.15) is 10.4 Å². The Morgan fingerprint density at radius 3 is 2.86 bits per heavy atom. The maximum Gasteiger partial charge on any atom is 0.411 e. The van der Waals surface area contributed by atoms with Crippen LogP contribution in [-0.2, 0) is 16.1 Å². The second-order valence-corrected chi connectivity index (χ2v) is 5.12. The SMILES string of the molecule is CN(Cc1cc(C#CCO)cs1)C(=O)COCC(F)(F)F. The summed E-state index contributed by atoms with van der Waals surface area (Å²) in [4.78, 5) is 13.7. The van der Waals surface area contributed by atoms with Crippen molar-refractivity contribution in [2.24, 2.45) is 0 Å². The Bertz CT molecular complexity index is 531. The molecule has 0 atom stereocenters. The number of carbonyl (C=O) groups is 1. The molecule has 0 unspecified atom stereocenters. The summed E-state index contributed by atoms with van der Waals surface area (Å²) in [5.74, 6) is 4.69. The Hall–Kier alpha value is -1.56. The van der Waals surface area contributed by atoms with Gasteiger partial charge in [0.25, 0.3) is 0 Å². The minimum Gasteiger partial charge on any atom is -0.384 e. The van der Waals surface area contributed by atoms with E-state index in [0.717, 1.165) is 10.4 Å². The minimum atomic E-state index is -4.44. The first-order valence-corrected chi connectivity index (χ1v) is 6.75. The standard InChI is InChI=1S/C13H14F3NO3S/c1-17(12(19)7-20-9-13(14,15)16)6-11-5-10(8-21-11)3-2-4-18/h5,8,18H,4,6-7,9H2,1H3. The normalized spacial score (nSPS) is 10.9. The van der Waals surface area contributed by atoms with Crippen molar-refractivity contribution in [3.8, 4) is 11.8 Å². The maximum absolute atomic E-state index is 11.9. The number of hydrogen-bond donors (Lipinski definition) is 1. The molecule has 0 saturated carbocycles. The van der Waals surface area contributed by atoms with Gasteiger partial charge in [-0.1, -0.05) is 11.8 Å². The number of likely N-dealkylation sites (N-methyl/N-ethyl adjacent to an activating group) is 1. The van der Waals surface area contributed by atoms with E-state index in [1.54, 1.807) is 11.4 Å². The van der Waals surface area contributed by atoms with E-state index in [1.165, 1.54) is 23.3 Å². The average Bonchev–Trinajstić information content (AvgIpc) is 2.82. The van der Waals surface area contributed by atoms with Crippen molar-refractivity contribution in [1.82, 2.24) is 4.90 Å². The Morgan fingerprint density at radius 1 is 1.52 bits per heavy atom. The summed E-state index contributed by atoms with van der Waals surface area (Å²) in [6.45, 7) is -2.02. The number of aliphatic hydroxyl groups is 1. The lowest BCUT2D eigenvalue weighted by atomic mass is 10.3. The molecule has 116 valence electrons. The maximum atomic E-state index is 11.9. The Morgan fingerprint density at radius 2 is 2.24 bits per heavy atom. The Balaban J connectivity index is 2.43. The zero-order valence-electron chi connectivity index (χ0n) is 11.2. The first-order valence-electron chi connectivity index (χ1n) is 5.87. The van der Waals surface area contributed by atoms with E-state index in [4.69, 9.17) is 5.11 Å². The molecular weight excluding hydrogens is 307 g/mol. The van der Waals surface area contributed by atoms with Crippen LogP contribution in [0.5, 0.6) is 0 Å². The van der Waals surface area contributed by atoms with Crippen LogP contribution in [0.3, 0.4) is 0 Å². The topological polar surface area (TPSA) is 49.8 Å². The molecule has 1 rings (SSSR count). The number of nitrogens with zero attached hydrogens (tertiary/aromatic N) is 1. The Labute approximate surface area is 124 Å². The fourth-order valence-electron chi connectivity index (χ4n) is 1.36. The van der Waals surface area contributed by atoms with Gasteiger partial charge in [-0.25, -0.2) is 0 Å². The molecule has 0 aromatic carbocycles. The first-order chi connectivity index (χ1) is 9.81. The van der Waals surface area contributed by atoms with Crippen LogP contribution in [0.25, 0.3) is 0 Å². The molecule has 1 aromatic rings. The van der Waals surface area contributed by atoms with Gasteiger partial charge in [0, 0.05) is 22.9 Å². The summed E-state index contributed by atoms with van der Waals surface area (Å²) in [6.07, 6.45) is -4.44. The molecule has 8 heteroatoms. The average molecular weight is 321 g/mol. The molecule has 1 aromatic heterocycles. The van der Waals surface area contributed by atoms with Crippen LogP contribution < -0.4 is 0 Å². The fourth-order valence-corrected chi connectivity index (χ4v) is 2.23. The lowest BCUT2D eigenvalue weighted by Crippen LogP contribution is -2.31. The van der Waals surface area contributed by atoms with Crippen molar-refractivity contribution in [2.75, 3.05) is 26.9 Å². The van der Waals surface area contributed by atoms with Gasteiger partial charge in [-0.2, -0.15) is 13.2 Å². The molecule has 0 fully saturated rings. The molecular formula is C13H14F3NO3S. The molecule has 0 saturated heterocycles. The summed E-state index contributed by atoms with van der Waals surface area (Å²) < 4.78 is 40.0. The second-order valence-electron chi connectivity index (χ2n) is 4.12. The number of carbonyl (C=O) groups excluding carboxylic acids is 1. The van der Waals surface area contributed by atoms with Crippen LogP contribution in [0.4, 0.5) is 13.2 Å². The molecule has 1 N–H and O–H groups in total.